The first kappa shape index (κ1) is 25.9. The zero-order valence-electron chi connectivity index (χ0n) is 17.5. The number of carboxylic acids is 2. The van der Waals surface area contributed by atoms with E-state index in [4.69, 9.17) is 5.11 Å². The number of carbonyl (C=O) groups excluding carboxylic acids is 2. The van der Waals surface area contributed by atoms with Crippen molar-refractivity contribution in [1.29, 1.82) is 0 Å². The molecule has 0 spiro atoms. The predicted molar refractivity (Wildman–Crippen MR) is 113 cm³/mol. The molecular formula is C19H28BN3O8. The predicted octanol–water partition coefficient (Wildman–Crippen LogP) is -0.575. The molecule has 1 aromatic rings. The van der Waals surface area contributed by atoms with E-state index in [2.05, 4.69) is 10.6 Å². The molecule has 3 amide bonds. The summed E-state index contributed by atoms with van der Waals surface area (Å²) in [6.07, 6.45) is 0.340. The minimum atomic E-state index is -1.67. The van der Waals surface area contributed by atoms with E-state index in [1.165, 1.54) is 18.0 Å². The highest BCUT2D eigenvalue weighted by molar-refractivity contribution is 6.59. The lowest BCUT2D eigenvalue weighted by Gasteiger charge is -2.20. The molecule has 1 unspecified atom stereocenters. The summed E-state index contributed by atoms with van der Waals surface area (Å²) in [5.41, 5.74) is 1.41. The summed E-state index contributed by atoms with van der Waals surface area (Å²) in [6, 6.07) is 2.89. The second kappa shape index (κ2) is 12.6. The van der Waals surface area contributed by atoms with Crippen LogP contribution in [0.4, 0.5) is 10.5 Å². The summed E-state index contributed by atoms with van der Waals surface area (Å²) < 4.78 is 0. The Morgan fingerprint density at radius 1 is 1.10 bits per heavy atom. The van der Waals surface area contributed by atoms with Gasteiger partial charge in [0.1, 0.15) is 6.04 Å². The van der Waals surface area contributed by atoms with Crippen LogP contribution in [0.2, 0.25) is 0 Å². The molecule has 0 saturated heterocycles. The second-order valence-electron chi connectivity index (χ2n) is 7.05. The van der Waals surface area contributed by atoms with Crippen LogP contribution in [0.5, 0.6) is 0 Å². The molecule has 0 aromatic heterocycles. The molecule has 12 heteroatoms. The number of aliphatic carboxylic acids is 2. The fourth-order valence-corrected chi connectivity index (χ4v) is 2.79. The third-order valence-electron chi connectivity index (χ3n) is 4.64. The van der Waals surface area contributed by atoms with Gasteiger partial charge in [-0.25, -0.2) is 9.59 Å². The number of carboxylic acid groups (broad SMARTS) is 2. The Hall–Kier alpha value is -3.12. The van der Waals surface area contributed by atoms with Gasteiger partial charge in [0.05, 0.1) is 0 Å². The zero-order chi connectivity index (χ0) is 23.6. The number of hydrogen-bond donors (Lipinski definition) is 6. The molecule has 1 rings (SSSR count). The van der Waals surface area contributed by atoms with E-state index in [0.717, 1.165) is 0 Å². The first-order valence-corrected chi connectivity index (χ1v) is 9.75. The summed E-state index contributed by atoms with van der Waals surface area (Å²) in [6.45, 7) is 1.80. The van der Waals surface area contributed by atoms with Gasteiger partial charge in [-0.15, -0.1) is 0 Å². The van der Waals surface area contributed by atoms with Gasteiger partial charge in [0.15, 0.2) is 0 Å². The summed E-state index contributed by atoms with van der Waals surface area (Å²) in [4.78, 5) is 47.3. The molecule has 0 saturated carbocycles. The van der Waals surface area contributed by atoms with Crippen LogP contribution >= 0.6 is 0 Å². The van der Waals surface area contributed by atoms with Crippen LogP contribution in [0.25, 0.3) is 0 Å². The smallest absolute Gasteiger partial charge is 0.481 e. The largest absolute Gasteiger partial charge is 0.488 e. The maximum Gasteiger partial charge on any atom is 0.488 e. The Morgan fingerprint density at radius 2 is 1.77 bits per heavy atom. The summed E-state index contributed by atoms with van der Waals surface area (Å²) in [5.74, 6) is -2.54. The van der Waals surface area contributed by atoms with Crippen LogP contribution in [0, 0.1) is 6.92 Å². The van der Waals surface area contributed by atoms with E-state index >= 15 is 0 Å². The van der Waals surface area contributed by atoms with Gasteiger partial charge >= 0.3 is 25.1 Å². The van der Waals surface area contributed by atoms with Crippen molar-refractivity contribution < 1.29 is 39.4 Å². The molecule has 31 heavy (non-hydrogen) atoms. The normalized spacial score (nSPS) is 11.4. The number of aryl methyl sites for hydroxylation is 1. The first-order chi connectivity index (χ1) is 14.5. The fourth-order valence-electron chi connectivity index (χ4n) is 2.79. The third kappa shape index (κ3) is 9.05. The van der Waals surface area contributed by atoms with Crippen LogP contribution in [0.3, 0.4) is 0 Å². The van der Waals surface area contributed by atoms with Crippen molar-refractivity contribution in [1.82, 2.24) is 10.6 Å². The van der Waals surface area contributed by atoms with E-state index in [1.807, 2.05) is 0 Å². The van der Waals surface area contributed by atoms with E-state index in [-0.39, 0.29) is 50.0 Å². The molecule has 6 N–H and O–H groups in total. The number of benzene rings is 1. The lowest BCUT2D eigenvalue weighted by molar-refractivity contribution is -0.139. The molecule has 0 aliphatic rings. The monoisotopic (exact) mass is 437 g/mol. The van der Waals surface area contributed by atoms with E-state index in [9.17, 15) is 34.3 Å². The van der Waals surface area contributed by atoms with E-state index in [1.54, 1.807) is 19.1 Å². The Morgan fingerprint density at radius 3 is 2.35 bits per heavy atom. The SMILES string of the molecule is Cc1ccc(N(C)C(=O)CCCC(NC(=O)NCCCC(=O)O)C(=O)O)cc1B(O)O. The molecule has 0 radical (unpaired) electrons. The number of nitrogens with one attached hydrogen (secondary N) is 2. The molecule has 1 atom stereocenters. The first-order valence-electron chi connectivity index (χ1n) is 9.75. The highest BCUT2D eigenvalue weighted by Crippen LogP contribution is 2.15. The molecule has 0 heterocycles. The van der Waals surface area contributed by atoms with Crippen LogP contribution < -0.4 is 21.0 Å². The molecule has 0 aliphatic carbocycles. The highest BCUT2D eigenvalue weighted by atomic mass is 16.4. The van der Waals surface area contributed by atoms with Crippen LogP contribution in [-0.4, -0.2) is 70.9 Å². The van der Waals surface area contributed by atoms with Crippen molar-refractivity contribution in [3.05, 3.63) is 23.8 Å². The van der Waals surface area contributed by atoms with Gasteiger partial charge in [-0.3, -0.25) is 9.59 Å². The van der Waals surface area contributed by atoms with Crippen molar-refractivity contribution in [3.63, 3.8) is 0 Å². The maximum absolute atomic E-state index is 12.4. The highest BCUT2D eigenvalue weighted by Gasteiger charge is 2.21. The molecule has 11 nitrogen and oxygen atoms in total. The number of urea groups is 1. The van der Waals surface area contributed by atoms with E-state index < -0.39 is 31.1 Å². The summed E-state index contributed by atoms with van der Waals surface area (Å²) >= 11 is 0. The number of hydrogen-bond acceptors (Lipinski definition) is 6. The Kier molecular flexibility index (Phi) is 10.5. The Labute approximate surface area is 180 Å². The third-order valence-corrected chi connectivity index (χ3v) is 4.64. The number of amides is 3. The average molecular weight is 437 g/mol. The molecule has 170 valence electrons. The van der Waals surface area contributed by atoms with Crippen molar-refractivity contribution in [2.45, 2.75) is 45.1 Å². The van der Waals surface area contributed by atoms with Crippen molar-refractivity contribution in [2.75, 3.05) is 18.5 Å². The standard InChI is InChI=1S/C19H28BN3O8/c1-12-8-9-13(11-14(12)20(30)31)23(2)16(24)6-3-5-15(18(27)28)22-19(29)21-10-4-7-17(25)26/h8-9,11,15,30-31H,3-7,10H2,1-2H3,(H,25,26)(H,27,28)(H2,21,22,29). The van der Waals surface area contributed by atoms with Crippen molar-refractivity contribution in [2.24, 2.45) is 0 Å². The van der Waals surface area contributed by atoms with Crippen molar-refractivity contribution >= 4 is 42.1 Å². The summed E-state index contributed by atoms with van der Waals surface area (Å²) in [5, 5.41) is 41.3. The average Bonchev–Trinajstić information content (AvgIpc) is 2.69. The van der Waals surface area contributed by atoms with Gasteiger partial charge in [-0.05, 0) is 43.8 Å². The Bertz CT molecular complexity index is 802. The minimum absolute atomic E-state index is 0.0198. The lowest BCUT2D eigenvalue weighted by atomic mass is 9.77. The molecule has 0 bridgehead atoms. The number of nitrogens with zero attached hydrogens (tertiary/aromatic N) is 1. The quantitative estimate of drug-likeness (QED) is 0.186. The van der Waals surface area contributed by atoms with Crippen LogP contribution in [0.1, 0.15) is 37.7 Å². The topological polar surface area (TPSA) is 176 Å². The molecule has 0 aliphatic heterocycles. The van der Waals surface area contributed by atoms with Gasteiger partial charge in [0.25, 0.3) is 0 Å². The molecule has 0 fully saturated rings. The molecular weight excluding hydrogens is 409 g/mol. The van der Waals surface area contributed by atoms with E-state index in [0.29, 0.717) is 11.3 Å². The zero-order valence-corrected chi connectivity index (χ0v) is 17.5. The second-order valence-corrected chi connectivity index (χ2v) is 7.05. The fraction of sp³-hybridized carbons (Fsp3) is 0.474. The van der Waals surface area contributed by atoms with Gasteiger partial charge in [0, 0.05) is 32.1 Å². The van der Waals surface area contributed by atoms with Crippen LogP contribution in [-0.2, 0) is 14.4 Å². The Balaban J connectivity index is 2.53. The summed E-state index contributed by atoms with van der Waals surface area (Å²) in [7, 11) is -0.140. The van der Waals surface area contributed by atoms with Crippen molar-refractivity contribution in [3.8, 4) is 0 Å². The van der Waals surface area contributed by atoms with Gasteiger partial charge in [0.2, 0.25) is 5.91 Å². The molecule has 1 aromatic carbocycles. The number of anilines is 1. The van der Waals surface area contributed by atoms with Gasteiger partial charge in [-0.1, -0.05) is 11.6 Å². The minimum Gasteiger partial charge on any atom is -0.481 e. The number of carbonyl (C=O) groups is 4. The number of rotatable bonds is 12. The lowest BCUT2D eigenvalue weighted by Crippen LogP contribution is -2.46. The maximum atomic E-state index is 12.4. The van der Waals surface area contributed by atoms with Gasteiger partial charge in [-0.2, -0.15) is 0 Å². The van der Waals surface area contributed by atoms with Crippen LogP contribution in [0.15, 0.2) is 18.2 Å². The van der Waals surface area contributed by atoms with Gasteiger partial charge < -0.3 is 35.8 Å².